The predicted octanol–water partition coefficient (Wildman–Crippen LogP) is 1.45. The molecule has 0 amide bonds. The van der Waals surface area contributed by atoms with E-state index in [2.05, 4.69) is 11.6 Å². The molecule has 0 radical (unpaired) electrons. The maximum absolute atomic E-state index is 11.2. The molecule has 2 nitrogen and oxygen atoms in total. The van der Waals surface area contributed by atoms with Gasteiger partial charge in [0.05, 0.1) is 0 Å². The van der Waals surface area contributed by atoms with Gasteiger partial charge in [0.25, 0.3) is 0 Å². The van der Waals surface area contributed by atoms with Crippen LogP contribution in [0.15, 0.2) is 0 Å². The summed E-state index contributed by atoms with van der Waals surface area (Å²) in [6, 6.07) is 0. The van der Waals surface area contributed by atoms with Gasteiger partial charge in [0.1, 0.15) is 4.75 Å². The fourth-order valence-corrected chi connectivity index (χ4v) is 1.23. The lowest BCUT2D eigenvalue weighted by Gasteiger charge is -2.23. The number of rotatable bonds is 3. The Bertz CT molecular complexity index is 90.1. The Morgan fingerprint density at radius 3 is 2.20 bits per heavy atom. The van der Waals surface area contributed by atoms with Gasteiger partial charge in [0.2, 0.25) is 0 Å². The minimum Gasteiger partial charge on any atom is -0.598 e. The molecule has 0 spiro atoms. The monoisotopic (exact) mass is 163 g/mol. The predicted molar refractivity (Wildman–Crippen MR) is 46.2 cm³/mol. The van der Waals surface area contributed by atoms with Crippen molar-refractivity contribution in [3.63, 3.8) is 0 Å². The van der Waals surface area contributed by atoms with Gasteiger partial charge in [-0.25, -0.2) is 0 Å². The average Bonchev–Trinajstić information content (AvgIpc) is 1.80. The van der Waals surface area contributed by atoms with Crippen LogP contribution in [0.5, 0.6) is 0 Å². The van der Waals surface area contributed by atoms with E-state index in [-0.39, 0.29) is 4.75 Å². The van der Waals surface area contributed by atoms with Crippen LogP contribution in [0.2, 0.25) is 0 Å². The van der Waals surface area contributed by atoms with Gasteiger partial charge in [0, 0.05) is 17.9 Å². The van der Waals surface area contributed by atoms with Gasteiger partial charge in [-0.15, -0.1) is 4.72 Å². The minimum atomic E-state index is -0.887. The van der Waals surface area contributed by atoms with Gasteiger partial charge < -0.3 is 4.55 Å². The molecule has 0 aliphatic rings. The molecular formula is C7H17NOS. The number of nitrogens with one attached hydrogen (secondary N) is 1. The van der Waals surface area contributed by atoms with Crippen molar-refractivity contribution in [2.75, 3.05) is 6.54 Å². The minimum absolute atomic E-state index is 0.130. The molecule has 0 bridgehead atoms. The average molecular weight is 163 g/mol. The molecule has 0 rings (SSSR count). The van der Waals surface area contributed by atoms with Gasteiger partial charge in [-0.3, -0.25) is 0 Å². The second-order valence-electron chi connectivity index (χ2n) is 3.28. The Balaban J connectivity index is 3.52. The summed E-state index contributed by atoms with van der Waals surface area (Å²) < 4.78 is 14.0. The first-order valence-corrected chi connectivity index (χ1v) is 4.79. The highest BCUT2D eigenvalue weighted by atomic mass is 32.2. The summed E-state index contributed by atoms with van der Waals surface area (Å²) in [6.45, 7) is 8.79. The van der Waals surface area contributed by atoms with Crippen molar-refractivity contribution < 1.29 is 4.55 Å². The van der Waals surface area contributed by atoms with Gasteiger partial charge >= 0.3 is 0 Å². The molecular weight excluding hydrogens is 146 g/mol. The van der Waals surface area contributed by atoms with E-state index in [0.717, 1.165) is 13.0 Å². The molecule has 0 unspecified atom stereocenters. The Morgan fingerprint density at radius 1 is 1.40 bits per heavy atom. The standard InChI is InChI=1S/C7H17NOS/c1-5-6-8-10(9)7(2,3)4/h8H,5-6H2,1-4H3/t10-/m1/s1. The van der Waals surface area contributed by atoms with Gasteiger partial charge in [0.15, 0.2) is 0 Å². The molecule has 0 heterocycles. The second-order valence-corrected chi connectivity index (χ2v) is 5.33. The zero-order valence-corrected chi connectivity index (χ0v) is 8.05. The molecule has 1 N–H and O–H groups in total. The van der Waals surface area contributed by atoms with E-state index >= 15 is 0 Å². The van der Waals surface area contributed by atoms with Crippen molar-refractivity contribution in [3.05, 3.63) is 0 Å². The number of hydrogen-bond acceptors (Lipinski definition) is 2. The SMILES string of the molecule is CCCN[S@+]([O-])C(C)(C)C. The lowest BCUT2D eigenvalue weighted by Crippen LogP contribution is -2.39. The molecule has 0 aromatic carbocycles. The first-order chi connectivity index (χ1) is 4.48. The van der Waals surface area contributed by atoms with Crippen LogP contribution in [-0.2, 0) is 11.4 Å². The molecule has 3 heteroatoms. The highest BCUT2D eigenvalue weighted by molar-refractivity contribution is 7.90. The Kier molecular flexibility index (Phi) is 4.32. The molecule has 0 aliphatic carbocycles. The van der Waals surface area contributed by atoms with Gasteiger partial charge in [-0.1, -0.05) is 6.92 Å². The Labute approximate surface area is 66.7 Å². The van der Waals surface area contributed by atoms with Crippen molar-refractivity contribution in [2.45, 2.75) is 38.9 Å². The summed E-state index contributed by atoms with van der Waals surface area (Å²) in [7, 11) is 0. The molecule has 1 atom stereocenters. The van der Waals surface area contributed by atoms with E-state index in [1.807, 2.05) is 20.8 Å². The summed E-state index contributed by atoms with van der Waals surface area (Å²) in [5.74, 6) is 0. The first-order valence-electron chi connectivity index (χ1n) is 3.64. The van der Waals surface area contributed by atoms with Crippen LogP contribution < -0.4 is 4.72 Å². The molecule has 0 aromatic rings. The van der Waals surface area contributed by atoms with Crippen molar-refractivity contribution in [1.29, 1.82) is 0 Å². The van der Waals surface area contributed by atoms with Crippen molar-refractivity contribution in [1.82, 2.24) is 4.72 Å². The normalized spacial score (nSPS) is 15.3. The third-order valence-electron chi connectivity index (χ3n) is 1.04. The largest absolute Gasteiger partial charge is 0.598 e. The third kappa shape index (κ3) is 4.14. The fraction of sp³-hybridized carbons (Fsp3) is 1.00. The molecule has 0 fully saturated rings. The van der Waals surface area contributed by atoms with Crippen LogP contribution >= 0.6 is 0 Å². The van der Waals surface area contributed by atoms with E-state index in [0.29, 0.717) is 0 Å². The maximum atomic E-state index is 11.2. The summed E-state index contributed by atoms with van der Waals surface area (Å²) in [6.07, 6.45) is 1.03. The van der Waals surface area contributed by atoms with Crippen LogP contribution in [0.1, 0.15) is 34.1 Å². The van der Waals surface area contributed by atoms with Gasteiger partial charge in [-0.2, -0.15) is 0 Å². The molecule has 0 saturated carbocycles. The summed E-state index contributed by atoms with van der Waals surface area (Å²) >= 11 is -0.887. The molecule has 0 aromatic heterocycles. The van der Waals surface area contributed by atoms with Crippen molar-refractivity contribution >= 4 is 11.4 Å². The maximum Gasteiger partial charge on any atom is 0.136 e. The third-order valence-corrected chi connectivity index (χ3v) is 2.62. The zero-order valence-electron chi connectivity index (χ0n) is 7.23. The topological polar surface area (TPSA) is 35.1 Å². The Hall–Kier alpha value is 0.270. The lowest BCUT2D eigenvalue weighted by molar-refractivity contribution is 0.544. The molecule has 62 valence electrons. The van der Waals surface area contributed by atoms with Gasteiger partial charge in [-0.05, 0) is 27.2 Å². The summed E-state index contributed by atoms with van der Waals surface area (Å²) in [5, 5.41) is 0. The summed E-state index contributed by atoms with van der Waals surface area (Å²) in [4.78, 5) is 0. The van der Waals surface area contributed by atoms with E-state index in [1.165, 1.54) is 0 Å². The van der Waals surface area contributed by atoms with Crippen molar-refractivity contribution in [2.24, 2.45) is 0 Å². The second kappa shape index (κ2) is 4.21. The van der Waals surface area contributed by atoms with E-state index < -0.39 is 11.4 Å². The summed E-state index contributed by atoms with van der Waals surface area (Å²) in [5.41, 5.74) is 0. The Morgan fingerprint density at radius 2 is 1.90 bits per heavy atom. The van der Waals surface area contributed by atoms with Crippen LogP contribution in [0.3, 0.4) is 0 Å². The van der Waals surface area contributed by atoms with Crippen LogP contribution in [0.25, 0.3) is 0 Å². The smallest absolute Gasteiger partial charge is 0.136 e. The molecule has 10 heavy (non-hydrogen) atoms. The van der Waals surface area contributed by atoms with Crippen LogP contribution in [-0.4, -0.2) is 15.8 Å². The highest BCUT2D eigenvalue weighted by Gasteiger charge is 2.25. The molecule has 0 aliphatic heterocycles. The quantitative estimate of drug-likeness (QED) is 0.639. The van der Waals surface area contributed by atoms with E-state index in [4.69, 9.17) is 0 Å². The van der Waals surface area contributed by atoms with E-state index in [1.54, 1.807) is 0 Å². The number of hydrogen-bond donors (Lipinski definition) is 1. The van der Waals surface area contributed by atoms with Crippen LogP contribution in [0.4, 0.5) is 0 Å². The molecule has 0 saturated heterocycles. The zero-order chi connectivity index (χ0) is 8.20. The van der Waals surface area contributed by atoms with Crippen LogP contribution in [0, 0.1) is 0 Å². The lowest BCUT2D eigenvalue weighted by atomic mass is 10.3. The van der Waals surface area contributed by atoms with E-state index in [9.17, 15) is 4.55 Å². The fourth-order valence-electron chi connectivity index (χ4n) is 0.411. The van der Waals surface area contributed by atoms with Crippen molar-refractivity contribution in [3.8, 4) is 0 Å². The first kappa shape index (κ1) is 10.3. The highest BCUT2D eigenvalue weighted by Crippen LogP contribution is 2.12.